The minimum absolute atomic E-state index is 0.0354. The highest BCUT2D eigenvalue weighted by Crippen LogP contribution is 2.31. The van der Waals surface area contributed by atoms with Crippen LogP contribution in [0.1, 0.15) is 17.3 Å². The highest BCUT2D eigenvalue weighted by atomic mass is 16.6. The first-order valence-electron chi connectivity index (χ1n) is 9.86. The Morgan fingerprint density at radius 1 is 1.04 bits per heavy atom. The van der Waals surface area contributed by atoms with Crippen LogP contribution in [-0.4, -0.2) is 62.9 Å². The molecule has 2 aliphatic rings. The number of carbonyl (C=O) groups is 1. The predicted octanol–water partition coefficient (Wildman–Crippen LogP) is 2.83. The minimum Gasteiger partial charge on any atom is -0.486 e. The van der Waals surface area contributed by atoms with Crippen molar-refractivity contribution in [2.75, 3.05) is 50.8 Å². The molecule has 1 fully saturated rings. The van der Waals surface area contributed by atoms with Crippen LogP contribution in [0, 0.1) is 0 Å². The van der Waals surface area contributed by atoms with Crippen molar-refractivity contribution < 1.29 is 19.0 Å². The molecule has 1 atom stereocenters. The number of ether oxygens (including phenoxy) is 3. The molecule has 0 N–H and O–H groups in total. The number of esters is 1. The summed E-state index contributed by atoms with van der Waals surface area (Å²) < 4.78 is 17.1. The molecule has 1 unspecified atom stereocenters. The maximum atomic E-state index is 12.2. The lowest BCUT2D eigenvalue weighted by Gasteiger charge is -2.38. The molecule has 0 saturated carbocycles. The summed E-state index contributed by atoms with van der Waals surface area (Å²) in [5.74, 6) is 1.38. The minimum atomic E-state index is -0.257. The maximum Gasteiger partial charge on any atom is 0.340 e. The van der Waals surface area contributed by atoms with Gasteiger partial charge in [0.2, 0.25) is 0 Å². The number of hydrogen-bond donors (Lipinski definition) is 0. The first kappa shape index (κ1) is 18.6. The van der Waals surface area contributed by atoms with Crippen LogP contribution in [0.4, 0.5) is 5.69 Å². The predicted molar refractivity (Wildman–Crippen MR) is 107 cm³/mol. The van der Waals surface area contributed by atoms with Gasteiger partial charge in [-0.1, -0.05) is 24.3 Å². The lowest BCUT2D eigenvalue weighted by Crippen LogP contribution is -2.51. The van der Waals surface area contributed by atoms with Crippen LogP contribution in [0.3, 0.4) is 0 Å². The number of benzene rings is 2. The molecule has 2 aromatic carbocycles. The fourth-order valence-electron chi connectivity index (χ4n) is 3.74. The molecular formula is C22H26N2O4. The monoisotopic (exact) mass is 382 g/mol. The summed E-state index contributed by atoms with van der Waals surface area (Å²) >= 11 is 0. The molecule has 2 heterocycles. The molecule has 2 aliphatic heterocycles. The Kier molecular flexibility index (Phi) is 5.67. The van der Waals surface area contributed by atoms with E-state index in [1.807, 2.05) is 55.5 Å². The number of carbonyl (C=O) groups excluding carboxylic acids is 1. The summed E-state index contributed by atoms with van der Waals surface area (Å²) in [6.45, 7) is 7.17. The topological polar surface area (TPSA) is 51.2 Å². The Balaban J connectivity index is 1.34. The van der Waals surface area contributed by atoms with Gasteiger partial charge in [-0.3, -0.25) is 4.90 Å². The maximum absolute atomic E-state index is 12.2. The van der Waals surface area contributed by atoms with Gasteiger partial charge in [0.1, 0.15) is 12.7 Å². The summed E-state index contributed by atoms with van der Waals surface area (Å²) in [6, 6.07) is 15.5. The van der Waals surface area contributed by atoms with Crippen LogP contribution in [0.15, 0.2) is 48.5 Å². The molecule has 0 radical (unpaired) electrons. The van der Waals surface area contributed by atoms with E-state index < -0.39 is 0 Å². The average molecular weight is 382 g/mol. The normalized spacial score (nSPS) is 19.3. The van der Waals surface area contributed by atoms with E-state index in [0.29, 0.717) is 18.8 Å². The number of anilines is 1. The van der Waals surface area contributed by atoms with Gasteiger partial charge in [-0.2, -0.15) is 0 Å². The first-order valence-corrected chi connectivity index (χ1v) is 9.86. The second-order valence-electron chi connectivity index (χ2n) is 7.02. The van der Waals surface area contributed by atoms with Crippen LogP contribution in [0.2, 0.25) is 0 Å². The van der Waals surface area contributed by atoms with Gasteiger partial charge >= 0.3 is 5.97 Å². The second kappa shape index (κ2) is 8.52. The van der Waals surface area contributed by atoms with Gasteiger partial charge in [-0.25, -0.2) is 4.79 Å². The van der Waals surface area contributed by atoms with E-state index in [4.69, 9.17) is 14.2 Å². The van der Waals surface area contributed by atoms with Crippen molar-refractivity contribution in [2.45, 2.75) is 13.0 Å². The van der Waals surface area contributed by atoms with Gasteiger partial charge in [0, 0.05) is 32.7 Å². The van der Waals surface area contributed by atoms with Crippen molar-refractivity contribution in [3.8, 4) is 11.5 Å². The van der Waals surface area contributed by atoms with E-state index in [9.17, 15) is 4.79 Å². The lowest BCUT2D eigenvalue weighted by molar-refractivity contribution is 0.0525. The number of rotatable bonds is 5. The Morgan fingerprint density at radius 2 is 1.75 bits per heavy atom. The summed E-state index contributed by atoms with van der Waals surface area (Å²) in [5.41, 5.74) is 1.59. The van der Waals surface area contributed by atoms with E-state index in [-0.39, 0.29) is 12.1 Å². The Hall–Kier alpha value is -2.73. The molecule has 2 aromatic rings. The van der Waals surface area contributed by atoms with Gasteiger partial charge in [0.25, 0.3) is 0 Å². The fraction of sp³-hybridized carbons (Fsp3) is 0.409. The molecule has 6 nitrogen and oxygen atoms in total. The second-order valence-corrected chi connectivity index (χ2v) is 7.02. The van der Waals surface area contributed by atoms with E-state index in [1.165, 1.54) is 0 Å². The first-order chi connectivity index (χ1) is 13.7. The third-order valence-electron chi connectivity index (χ3n) is 5.14. The Bertz CT molecular complexity index is 818. The number of hydrogen-bond acceptors (Lipinski definition) is 6. The van der Waals surface area contributed by atoms with Crippen molar-refractivity contribution >= 4 is 11.7 Å². The molecular weight excluding hydrogens is 356 g/mol. The third kappa shape index (κ3) is 4.07. The molecule has 0 amide bonds. The zero-order valence-electron chi connectivity index (χ0n) is 16.2. The van der Waals surface area contributed by atoms with E-state index in [1.54, 1.807) is 0 Å². The van der Waals surface area contributed by atoms with Crippen LogP contribution in [-0.2, 0) is 4.74 Å². The molecule has 0 spiro atoms. The number of nitrogens with zero attached hydrogens (tertiary/aromatic N) is 2. The highest BCUT2D eigenvalue weighted by molar-refractivity contribution is 5.95. The quantitative estimate of drug-likeness (QED) is 0.742. The van der Waals surface area contributed by atoms with Crippen molar-refractivity contribution in [1.29, 1.82) is 0 Å². The van der Waals surface area contributed by atoms with Crippen molar-refractivity contribution in [3.63, 3.8) is 0 Å². The van der Waals surface area contributed by atoms with Crippen LogP contribution < -0.4 is 14.4 Å². The summed E-state index contributed by atoms with van der Waals surface area (Å²) in [5, 5.41) is 0. The van der Waals surface area contributed by atoms with Crippen LogP contribution >= 0.6 is 0 Å². The Labute approximate surface area is 165 Å². The van der Waals surface area contributed by atoms with Gasteiger partial charge in [0.05, 0.1) is 17.9 Å². The van der Waals surface area contributed by atoms with Gasteiger partial charge in [-0.15, -0.1) is 0 Å². The van der Waals surface area contributed by atoms with Gasteiger partial charge in [0.15, 0.2) is 11.5 Å². The molecule has 4 rings (SSSR count). The standard InChI is InChI=1S/C22H26N2O4/c1-2-26-22(25)18-7-3-4-8-19(18)24-13-11-23(12-14-24)15-17-16-27-20-9-5-6-10-21(20)28-17/h3-10,17H,2,11-16H2,1H3. The summed E-state index contributed by atoms with van der Waals surface area (Å²) in [6.07, 6.45) is 0.0354. The molecule has 148 valence electrons. The average Bonchev–Trinajstić information content (AvgIpc) is 2.74. The fourth-order valence-corrected chi connectivity index (χ4v) is 3.74. The zero-order chi connectivity index (χ0) is 19.3. The largest absolute Gasteiger partial charge is 0.486 e. The molecule has 28 heavy (non-hydrogen) atoms. The van der Waals surface area contributed by atoms with Crippen molar-refractivity contribution in [2.24, 2.45) is 0 Å². The van der Waals surface area contributed by atoms with Gasteiger partial charge < -0.3 is 19.1 Å². The SMILES string of the molecule is CCOC(=O)c1ccccc1N1CCN(CC2COc3ccccc3O2)CC1. The van der Waals surface area contributed by atoms with Crippen LogP contribution in [0.5, 0.6) is 11.5 Å². The van der Waals surface area contributed by atoms with Crippen LogP contribution in [0.25, 0.3) is 0 Å². The number of para-hydroxylation sites is 3. The zero-order valence-corrected chi connectivity index (χ0v) is 16.2. The smallest absolute Gasteiger partial charge is 0.340 e. The molecule has 1 saturated heterocycles. The molecule has 0 aliphatic carbocycles. The number of fused-ring (bicyclic) bond motifs is 1. The van der Waals surface area contributed by atoms with Crippen molar-refractivity contribution in [1.82, 2.24) is 4.90 Å². The number of piperazine rings is 1. The van der Waals surface area contributed by atoms with E-state index >= 15 is 0 Å². The molecule has 6 heteroatoms. The highest BCUT2D eigenvalue weighted by Gasteiger charge is 2.26. The van der Waals surface area contributed by atoms with Crippen molar-refractivity contribution in [3.05, 3.63) is 54.1 Å². The summed E-state index contributed by atoms with van der Waals surface area (Å²) in [4.78, 5) is 16.9. The van der Waals surface area contributed by atoms with Gasteiger partial charge in [-0.05, 0) is 31.2 Å². The third-order valence-corrected chi connectivity index (χ3v) is 5.14. The van der Waals surface area contributed by atoms with E-state index in [2.05, 4.69) is 9.80 Å². The van der Waals surface area contributed by atoms with E-state index in [0.717, 1.165) is 49.9 Å². The summed E-state index contributed by atoms with van der Waals surface area (Å²) in [7, 11) is 0. The Morgan fingerprint density at radius 3 is 2.54 bits per heavy atom. The molecule has 0 bridgehead atoms. The molecule has 0 aromatic heterocycles. The lowest BCUT2D eigenvalue weighted by atomic mass is 10.1.